The van der Waals surface area contributed by atoms with E-state index in [0.717, 1.165) is 5.56 Å². The largest absolute Gasteiger partial charge is 0.486 e. The van der Waals surface area contributed by atoms with Gasteiger partial charge in [0, 0.05) is 5.02 Å². The molecule has 0 unspecified atom stereocenters. The van der Waals surface area contributed by atoms with Crippen LogP contribution in [-0.4, -0.2) is 33.8 Å². The maximum atomic E-state index is 12.4. The van der Waals surface area contributed by atoms with E-state index in [1.54, 1.807) is 53.2 Å². The van der Waals surface area contributed by atoms with Crippen LogP contribution in [0.4, 0.5) is 5.95 Å². The monoisotopic (exact) mass is 466 g/mol. The van der Waals surface area contributed by atoms with E-state index in [4.69, 9.17) is 20.8 Å². The van der Waals surface area contributed by atoms with Crippen LogP contribution in [0.3, 0.4) is 0 Å². The summed E-state index contributed by atoms with van der Waals surface area (Å²) in [6.45, 7) is 0.599. The Morgan fingerprint density at radius 2 is 1.82 bits per heavy atom. The van der Waals surface area contributed by atoms with E-state index in [1.165, 1.54) is 13.4 Å². The van der Waals surface area contributed by atoms with Gasteiger partial charge in [-0.15, -0.1) is 5.10 Å². The Morgan fingerprint density at radius 3 is 2.55 bits per heavy atom. The van der Waals surface area contributed by atoms with E-state index in [0.29, 0.717) is 28.6 Å². The van der Waals surface area contributed by atoms with E-state index in [1.807, 2.05) is 12.1 Å². The molecule has 0 saturated carbocycles. The van der Waals surface area contributed by atoms with E-state index in [9.17, 15) is 9.59 Å². The second kappa shape index (κ2) is 10.0. The lowest BCUT2D eigenvalue weighted by Gasteiger charge is -2.05. The number of aromatic nitrogens is 3. The summed E-state index contributed by atoms with van der Waals surface area (Å²) in [5.74, 6) is 0.358. The van der Waals surface area contributed by atoms with Crippen LogP contribution in [0.25, 0.3) is 0 Å². The molecule has 0 atom stereocenters. The van der Waals surface area contributed by atoms with Gasteiger partial charge in [-0.3, -0.25) is 10.1 Å². The summed E-state index contributed by atoms with van der Waals surface area (Å²) < 4.78 is 17.4. The Morgan fingerprint density at radius 1 is 1.06 bits per heavy atom. The summed E-state index contributed by atoms with van der Waals surface area (Å²) in [7, 11) is 1.32. The molecule has 0 bridgehead atoms. The zero-order valence-corrected chi connectivity index (χ0v) is 18.3. The number of esters is 1. The van der Waals surface area contributed by atoms with Crippen molar-refractivity contribution in [1.82, 2.24) is 14.8 Å². The fourth-order valence-corrected chi connectivity index (χ4v) is 3.03. The first kappa shape index (κ1) is 22.1. The number of nitrogens with zero attached hydrogens (tertiary/aromatic N) is 3. The maximum absolute atomic E-state index is 12.4. The molecule has 2 aromatic heterocycles. The third-order valence-electron chi connectivity index (χ3n) is 4.56. The van der Waals surface area contributed by atoms with Crippen molar-refractivity contribution in [2.75, 3.05) is 12.4 Å². The summed E-state index contributed by atoms with van der Waals surface area (Å²) in [5, 5.41) is 7.50. The molecule has 0 aliphatic heterocycles. The zero-order valence-electron chi connectivity index (χ0n) is 17.5. The van der Waals surface area contributed by atoms with Crippen LogP contribution in [0, 0.1) is 0 Å². The number of anilines is 1. The van der Waals surface area contributed by atoms with Crippen molar-refractivity contribution in [3.05, 3.63) is 94.7 Å². The minimum atomic E-state index is -0.479. The Hall–Kier alpha value is -4.11. The molecule has 0 aliphatic carbocycles. The third kappa shape index (κ3) is 5.78. The van der Waals surface area contributed by atoms with E-state index in [2.05, 4.69) is 20.1 Å². The predicted octanol–water partition coefficient (Wildman–Crippen LogP) is 4.19. The van der Waals surface area contributed by atoms with Gasteiger partial charge in [0.1, 0.15) is 24.4 Å². The highest BCUT2D eigenvalue weighted by Gasteiger charge is 2.14. The SMILES string of the molecule is COC(=O)c1ccc(OCc2ccc(C(=O)Nc3ncn(Cc4ccc(Cl)cc4)n3)o2)cc1. The van der Waals surface area contributed by atoms with Crippen molar-refractivity contribution < 1.29 is 23.5 Å². The molecule has 1 N–H and O–H groups in total. The molecule has 33 heavy (non-hydrogen) atoms. The van der Waals surface area contributed by atoms with Gasteiger partial charge < -0.3 is 13.9 Å². The number of methoxy groups -OCH3 is 1. The number of carbonyl (C=O) groups is 2. The number of rotatable bonds is 8. The smallest absolute Gasteiger partial charge is 0.337 e. The van der Waals surface area contributed by atoms with Gasteiger partial charge in [-0.1, -0.05) is 23.7 Å². The first-order valence-corrected chi connectivity index (χ1v) is 10.2. The number of carbonyl (C=O) groups excluding carboxylic acids is 2. The number of furan rings is 1. The van der Waals surface area contributed by atoms with E-state index < -0.39 is 11.9 Å². The molecule has 10 heteroatoms. The van der Waals surface area contributed by atoms with Gasteiger partial charge in [0.2, 0.25) is 5.95 Å². The van der Waals surface area contributed by atoms with Crippen molar-refractivity contribution in [3.63, 3.8) is 0 Å². The second-order valence-corrected chi connectivity index (χ2v) is 7.35. The van der Waals surface area contributed by atoms with Crippen molar-refractivity contribution in [2.24, 2.45) is 0 Å². The third-order valence-corrected chi connectivity index (χ3v) is 4.81. The molecule has 168 valence electrons. The highest BCUT2D eigenvalue weighted by atomic mass is 35.5. The van der Waals surface area contributed by atoms with Crippen LogP contribution >= 0.6 is 11.6 Å². The van der Waals surface area contributed by atoms with Crippen LogP contribution in [0.2, 0.25) is 5.02 Å². The topological polar surface area (TPSA) is 108 Å². The van der Waals surface area contributed by atoms with Gasteiger partial charge in [0.25, 0.3) is 5.91 Å². The summed E-state index contributed by atoms with van der Waals surface area (Å²) in [4.78, 5) is 28.0. The molecule has 0 radical (unpaired) electrons. The first-order chi connectivity index (χ1) is 16.0. The van der Waals surface area contributed by atoms with Crippen molar-refractivity contribution in [1.29, 1.82) is 0 Å². The van der Waals surface area contributed by atoms with Gasteiger partial charge in [0.05, 0.1) is 19.2 Å². The zero-order chi connectivity index (χ0) is 23.2. The molecule has 0 aliphatic rings. The normalized spacial score (nSPS) is 10.6. The average Bonchev–Trinajstić information content (AvgIpc) is 3.48. The van der Waals surface area contributed by atoms with Gasteiger partial charge in [-0.2, -0.15) is 0 Å². The number of hydrogen-bond donors (Lipinski definition) is 1. The summed E-state index contributed by atoms with van der Waals surface area (Å²) >= 11 is 5.89. The molecule has 0 fully saturated rings. The molecular weight excluding hydrogens is 448 g/mol. The lowest BCUT2D eigenvalue weighted by atomic mass is 10.2. The number of hydrogen-bond acceptors (Lipinski definition) is 7. The van der Waals surface area contributed by atoms with Crippen molar-refractivity contribution in [3.8, 4) is 5.75 Å². The van der Waals surface area contributed by atoms with Crippen molar-refractivity contribution >= 4 is 29.4 Å². The Labute approximate surface area is 193 Å². The number of nitrogens with one attached hydrogen (secondary N) is 1. The molecule has 4 rings (SSSR count). The van der Waals surface area contributed by atoms with Crippen LogP contribution in [-0.2, 0) is 17.9 Å². The number of amides is 1. The van der Waals surface area contributed by atoms with Crippen LogP contribution in [0.15, 0.2) is 71.4 Å². The van der Waals surface area contributed by atoms with E-state index in [-0.39, 0.29) is 18.3 Å². The van der Waals surface area contributed by atoms with Crippen LogP contribution in [0.5, 0.6) is 5.75 Å². The molecular formula is C23H19ClN4O5. The fraction of sp³-hybridized carbons (Fsp3) is 0.130. The Bertz CT molecular complexity index is 1250. The molecule has 1 amide bonds. The first-order valence-electron chi connectivity index (χ1n) is 9.85. The fourth-order valence-electron chi connectivity index (χ4n) is 2.91. The summed E-state index contributed by atoms with van der Waals surface area (Å²) in [6, 6.07) is 17.1. The molecule has 0 saturated heterocycles. The standard InChI is InChI=1S/C23H19ClN4O5/c1-31-22(30)16-4-8-18(9-5-16)32-13-19-10-11-20(33-19)21(29)26-23-25-14-28(27-23)12-15-2-6-17(24)7-3-15/h2-11,14H,12-13H2,1H3,(H,26,27,29). The van der Waals surface area contributed by atoms with Gasteiger partial charge in [-0.25, -0.2) is 14.5 Å². The number of halogens is 1. The quantitative estimate of drug-likeness (QED) is 0.388. The molecule has 2 aromatic carbocycles. The average molecular weight is 467 g/mol. The Balaban J connectivity index is 1.30. The van der Waals surface area contributed by atoms with Gasteiger partial charge in [0.15, 0.2) is 5.76 Å². The minimum absolute atomic E-state index is 0.101. The molecule has 2 heterocycles. The minimum Gasteiger partial charge on any atom is -0.486 e. The molecule has 4 aromatic rings. The predicted molar refractivity (Wildman–Crippen MR) is 119 cm³/mol. The highest BCUT2D eigenvalue weighted by molar-refractivity contribution is 6.30. The number of ether oxygens (including phenoxy) is 2. The van der Waals surface area contributed by atoms with Crippen LogP contribution in [0.1, 0.15) is 32.2 Å². The molecule has 0 spiro atoms. The summed E-state index contributed by atoms with van der Waals surface area (Å²) in [5.41, 5.74) is 1.42. The highest BCUT2D eigenvalue weighted by Crippen LogP contribution is 2.17. The second-order valence-electron chi connectivity index (χ2n) is 6.92. The lowest BCUT2D eigenvalue weighted by molar-refractivity contribution is 0.0600. The van der Waals surface area contributed by atoms with Gasteiger partial charge in [-0.05, 0) is 54.1 Å². The van der Waals surface area contributed by atoms with E-state index >= 15 is 0 Å². The van der Waals surface area contributed by atoms with Crippen molar-refractivity contribution in [2.45, 2.75) is 13.2 Å². The Kier molecular flexibility index (Phi) is 6.70. The summed E-state index contributed by atoms with van der Waals surface area (Å²) in [6.07, 6.45) is 1.52. The number of benzene rings is 2. The lowest BCUT2D eigenvalue weighted by Crippen LogP contribution is -2.12. The van der Waals surface area contributed by atoms with Gasteiger partial charge >= 0.3 is 5.97 Å². The maximum Gasteiger partial charge on any atom is 0.337 e. The molecule has 9 nitrogen and oxygen atoms in total. The van der Waals surface area contributed by atoms with Crippen LogP contribution < -0.4 is 10.1 Å².